The number of halogens is 1. The number of carbonyl (C=O) groups excluding carboxylic acids is 5. The summed E-state index contributed by atoms with van der Waals surface area (Å²) >= 11 is 0. The normalized spacial score (nSPS) is 25.6. The first-order valence-electron chi connectivity index (χ1n) is 27.6. The number of imide groups is 1. The second-order valence-electron chi connectivity index (χ2n) is 23.4. The van der Waals surface area contributed by atoms with E-state index in [4.69, 9.17) is 9.97 Å². The Kier molecular flexibility index (Phi) is 12.4. The molecule has 386 valence electrons. The van der Waals surface area contributed by atoms with E-state index in [9.17, 15) is 19.2 Å². The van der Waals surface area contributed by atoms with E-state index < -0.39 is 22.6 Å². The average molecular weight is 995 g/mol. The van der Waals surface area contributed by atoms with E-state index in [1.54, 1.807) is 12.1 Å². The monoisotopic (exact) mass is 995 g/mol. The summed E-state index contributed by atoms with van der Waals surface area (Å²) in [6.07, 6.45) is 14.0. The number of fused-ring (bicyclic) bond motifs is 3. The quantitative estimate of drug-likeness (QED) is 0.151. The van der Waals surface area contributed by atoms with E-state index in [-0.39, 0.29) is 54.0 Å². The Bertz CT molecular complexity index is 2840. The van der Waals surface area contributed by atoms with Gasteiger partial charge < -0.3 is 34.4 Å². The number of nitrogens with zero attached hydrogens (tertiary/aromatic N) is 8. The number of carbonyl (C=O) groups is 5. The Morgan fingerprint density at radius 3 is 2.21 bits per heavy atom. The van der Waals surface area contributed by atoms with E-state index in [1.165, 1.54) is 25.3 Å². The van der Waals surface area contributed by atoms with Crippen LogP contribution in [0.1, 0.15) is 140 Å². The fourth-order valence-electron chi connectivity index (χ4n) is 13.6. The highest BCUT2D eigenvalue weighted by Gasteiger charge is 2.57. The summed E-state index contributed by atoms with van der Waals surface area (Å²) in [5, 5.41) is 6.05. The summed E-state index contributed by atoms with van der Waals surface area (Å²) in [4.78, 5) is 88.7. The molecule has 2 aromatic carbocycles. The lowest BCUT2D eigenvalue weighted by molar-refractivity contribution is -0.150. The van der Waals surface area contributed by atoms with Crippen LogP contribution in [0.4, 0.5) is 21.6 Å². The second kappa shape index (κ2) is 18.8. The first-order valence-corrected chi connectivity index (χ1v) is 27.6. The maximum atomic E-state index is 15.5. The van der Waals surface area contributed by atoms with Crippen molar-refractivity contribution in [1.82, 2.24) is 34.6 Å². The first-order chi connectivity index (χ1) is 35.3. The maximum Gasteiger partial charge on any atom is 0.238 e. The third-order valence-electron chi connectivity index (χ3n) is 18.5. The zero-order chi connectivity index (χ0) is 50.3. The SMILES string of the molecule is CC(C)n1cnc2cc(-c3ccc4c(c3)N(C3CC(N5CCCCC5)C3)C(=O)C43CCN(C(=O)C4(C)CCN(C(=O)C5CCN(c6ccc([C@H]7CCC(=O)NC7=O)cc6F)CC5)CC4)CC3)nc(NC3CC3)c21. The van der Waals surface area contributed by atoms with Crippen LogP contribution in [0.2, 0.25) is 0 Å². The predicted octanol–water partition coefficient (Wildman–Crippen LogP) is 7.68. The van der Waals surface area contributed by atoms with Crippen LogP contribution < -0.4 is 20.4 Å². The lowest BCUT2D eigenvalue weighted by atomic mass is 9.72. The highest BCUT2D eigenvalue weighted by atomic mass is 19.1. The van der Waals surface area contributed by atoms with E-state index in [2.05, 4.69) is 70.0 Å². The number of anilines is 3. The van der Waals surface area contributed by atoms with Crippen molar-refractivity contribution in [3.8, 4) is 11.3 Å². The molecule has 5 amide bonds. The van der Waals surface area contributed by atoms with Crippen LogP contribution in [0.25, 0.3) is 22.3 Å². The number of imidazole rings is 1. The van der Waals surface area contributed by atoms with Gasteiger partial charge in [0, 0.05) is 92.4 Å². The molecule has 2 N–H and O–H groups in total. The van der Waals surface area contributed by atoms with Gasteiger partial charge in [-0.05, 0) is 146 Å². The number of amides is 5. The van der Waals surface area contributed by atoms with Crippen LogP contribution in [-0.4, -0.2) is 129 Å². The van der Waals surface area contributed by atoms with Gasteiger partial charge in [0.25, 0.3) is 0 Å². The number of pyridine rings is 1. The van der Waals surface area contributed by atoms with Crippen LogP contribution in [0.3, 0.4) is 0 Å². The largest absolute Gasteiger partial charge is 0.369 e. The molecular formula is C57H71FN10O5. The molecule has 15 nitrogen and oxygen atoms in total. The van der Waals surface area contributed by atoms with Crippen LogP contribution in [0, 0.1) is 17.2 Å². The molecule has 8 aliphatic rings. The van der Waals surface area contributed by atoms with Gasteiger partial charge >= 0.3 is 0 Å². The van der Waals surface area contributed by atoms with Crippen molar-refractivity contribution in [2.75, 3.05) is 67.5 Å². The highest BCUT2D eigenvalue weighted by Crippen LogP contribution is 2.53. The second-order valence-corrected chi connectivity index (χ2v) is 23.4. The smallest absolute Gasteiger partial charge is 0.238 e. The summed E-state index contributed by atoms with van der Waals surface area (Å²) in [6.45, 7) is 11.8. The maximum absolute atomic E-state index is 15.5. The van der Waals surface area contributed by atoms with Crippen LogP contribution in [-0.2, 0) is 29.4 Å². The van der Waals surface area contributed by atoms with Crippen LogP contribution in [0.15, 0.2) is 48.8 Å². The van der Waals surface area contributed by atoms with Crippen molar-refractivity contribution in [1.29, 1.82) is 0 Å². The molecule has 1 spiro atoms. The molecule has 16 heteroatoms. The van der Waals surface area contributed by atoms with Crippen LogP contribution in [0.5, 0.6) is 0 Å². The molecule has 6 aliphatic heterocycles. The van der Waals surface area contributed by atoms with Gasteiger partial charge in [0.1, 0.15) is 11.3 Å². The molecule has 5 saturated heterocycles. The number of hydrogen-bond donors (Lipinski definition) is 2. The van der Waals surface area contributed by atoms with Gasteiger partial charge in [-0.15, -0.1) is 0 Å². The molecule has 8 heterocycles. The molecule has 2 saturated carbocycles. The van der Waals surface area contributed by atoms with Crippen LogP contribution >= 0.6 is 0 Å². The van der Waals surface area contributed by atoms with Crippen molar-refractivity contribution < 1.29 is 28.4 Å². The third-order valence-corrected chi connectivity index (χ3v) is 18.5. The summed E-state index contributed by atoms with van der Waals surface area (Å²) in [5.41, 5.74) is 5.53. The number of piperidine rings is 5. The van der Waals surface area contributed by atoms with Crippen molar-refractivity contribution >= 4 is 57.8 Å². The number of benzene rings is 2. The lowest BCUT2D eigenvalue weighted by Crippen LogP contribution is -2.59. The minimum absolute atomic E-state index is 0.108. The van der Waals surface area contributed by atoms with Gasteiger partial charge in [-0.3, -0.25) is 29.3 Å². The van der Waals surface area contributed by atoms with Gasteiger partial charge in [-0.2, -0.15) is 0 Å². The number of likely N-dealkylation sites (tertiary alicyclic amines) is 3. The predicted molar refractivity (Wildman–Crippen MR) is 278 cm³/mol. The van der Waals surface area contributed by atoms with E-state index in [0.717, 1.165) is 78.1 Å². The highest BCUT2D eigenvalue weighted by molar-refractivity contribution is 6.09. The molecule has 2 aromatic heterocycles. The molecule has 0 bridgehead atoms. The summed E-state index contributed by atoms with van der Waals surface area (Å²) in [6, 6.07) is 14.8. The molecular weight excluding hydrogens is 924 g/mol. The van der Waals surface area contributed by atoms with Gasteiger partial charge in [-0.1, -0.05) is 31.5 Å². The fraction of sp³-hybridized carbons (Fsp3) is 0.596. The Hall–Kier alpha value is -5.90. The Labute approximate surface area is 427 Å². The zero-order valence-electron chi connectivity index (χ0n) is 42.8. The molecule has 4 aromatic rings. The minimum atomic E-state index is -0.704. The fourth-order valence-corrected chi connectivity index (χ4v) is 13.6. The van der Waals surface area contributed by atoms with Crippen molar-refractivity contribution in [2.45, 2.75) is 153 Å². The van der Waals surface area contributed by atoms with Gasteiger partial charge in [0.15, 0.2) is 5.82 Å². The molecule has 0 radical (unpaired) electrons. The minimum Gasteiger partial charge on any atom is -0.369 e. The molecule has 0 unspecified atom stereocenters. The number of rotatable bonds is 10. The van der Waals surface area contributed by atoms with E-state index >= 15 is 9.18 Å². The lowest BCUT2D eigenvalue weighted by Gasteiger charge is -2.48. The van der Waals surface area contributed by atoms with Crippen molar-refractivity contribution in [3.05, 3.63) is 65.7 Å². The zero-order valence-corrected chi connectivity index (χ0v) is 42.8. The first kappa shape index (κ1) is 48.1. The molecule has 12 rings (SSSR count). The summed E-state index contributed by atoms with van der Waals surface area (Å²) in [7, 11) is 0. The Balaban J connectivity index is 0.707. The average Bonchev–Trinajstić information content (AvgIpc) is 4.05. The number of hydrogen-bond acceptors (Lipinski definition) is 10. The molecule has 1 atom stereocenters. The molecule has 7 fully saturated rings. The summed E-state index contributed by atoms with van der Waals surface area (Å²) < 4.78 is 17.7. The van der Waals surface area contributed by atoms with Crippen molar-refractivity contribution in [3.63, 3.8) is 0 Å². The van der Waals surface area contributed by atoms with Gasteiger partial charge in [0.05, 0.1) is 34.6 Å². The third kappa shape index (κ3) is 8.66. The Morgan fingerprint density at radius 1 is 0.795 bits per heavy atom. The Morgan fingerprint density at radius 2 is 1.52 bits per heavy atom. The summed E-state index contributed by atoms with van der Waals surface area (Å²) in [5.74, 6) is -0.549. The standard InChI is InChI=1S/C57H71FN10O5/c1-35(2)67-34-59-46-33-45(61-51(50(46)67)60-39-9-10-39)38-7-12-43-48(30-38)68(41-31-40(32-41)63-21-5-4-6-22-63)55(73)57(43)19-27-66(28-20-57)54(72)56(3)17-25-65(26-18-56)53(71)36-15-23-64(24-16-36)47-13-8-37(29-44(47)58)42-11-14-49(69)62-52(42)70/h7-8,12-13,29-30,33-36,39-42H,4-6,9-11,14-28,31-32H2,1-3H3,(H,60,61)(H,62,69,70)/t40?,41?,42-/m1/s1. The van der Waals surface area contributed by atoms with E-state index in [0.29, 0.717) is 108 Å². The molecule has 2 aliphatic carbocycles. The van der Waals surface area contributed by atoms with Gasteiger partial charge in [0.2, 0.25) is 29.5 Å². The number of aromatic nitrogens is 3. The molecule has 73 heavy (non-hydrogen) atoms. The number of nitrogens with one attached hydrogen (secondary N) is 2. The topological polar surface area (TPSA) is 156 Å². The van der Waals surface area contributed by atoms with Crippen molar-refractivity contribution in [2.24, 2.45) is 11.3 Å². The van der Waals surface area contributed by atoms with Gasteiger partial charge in [-0.25, -0.2) is 14.4 Å². The van der Waals surface area contributed by atoms with E-state index in [1.807, 2.05) is 21.0 Å².